The van der Waals surface area contributed by atoms with Crippen LogP contribution < -0.4 is 0 Å². The van der Waals surface area contributed by atoms with Crippen LogP contribution in [-0.4, -0.2) is 12.4 Å². The van der Waals surface area contributed by atoms with Gasteiger partial charge in [0.25, 0.3) is 0 Å². The molecule has 15 heavy (non-hydrogen) atoms. The fraction of sp³-hybridized carbons (Fsp3) is 1.00. The maximum absolute atomic E-state index is 11.9. The highest BCUT2D eigenvalue weighted by Gasteiger charge is 2.58. The minimum absolute atomic E-state index is 0.149. The molecule has 0 aromatic rings. The van der Waals surface area contributed by atoms with Gasteiger partial charge >= 0.3 is 12.4 Å². The molecule has 0 amide bonds. The summed E-state index contributed by atoms with van der Waals surface area (Å²) in [5.74, 6) is -4.63. The van der Waals surface area contributed by atoms with Gasteiger partial charge in [-0.2, -0.15) is 26.3 Å². The molecule has 0 heterocycles. The molecule has 0 rings (SSSR count). The van der Waals surface area contributed by atoms with Crippen LogP contribution in [0.25, 0.3) is 0 Å². The molecule has 0 N–H and O–H groups in total. The molecule has 0 aromatic carbocycles. The molecule has 0 saturated carbocycles. The van der Waals surface area contributed by atoms with E-state index in [2.05, 4.69) is 0 Å². The molecular weight excluding hydrogens is 222 g/mol. The standard InChI is InChI=1S/C7H10F6.C2H6/c1-3-4(2)5(6(8,9)10)7(11,12)13;1-2/h4-5H,3H2,1-2H3;1-2H3. The van der Waals surface area contributed by atoms with Gasteiger partial charge in [0.15, 0.2) is 5.92 Å². The second-order valence-electron chi connectivity index (χ2n) is 2.95. The van der Waals surface area contributed by atoms with Gasteiger partial charge in [0.2, 0.25) is 0 Å². The average molecular weight is 238 g/mol. The van der Waals surface area contributed by atoms with Crippen molar-refractivity contribution in [3.8, 4) is 0 Å². The minimum Gasteiger partial charge on any atom is -0.170 e. The van der Waals surface area contributed by atoms with Crippen molar-refractivity contribution >= 4 is 0 Å². The highest BCUT2D eigenvalue weighted by molar-refractivity contribution is 4.79. The topological polar surface area (TPSA) is 0 Å². The Kier molecular flexibility index (Phi) is 7.05. The molecule has 0 saturated heterocycles. The first-order chi connectivity index (χ1) is 6.60. The first kappa shape index (κ1) is 17.0. The van der Waals surface area contributed by atoms with Gasteiger partial charge in [0.1, 0.15) is 0 Å². The van der Waals surface area contributed by atoms with Crippen LogP contribution in [0.4, 0.5) is 26.3 Å². The van der Waals surface area contributed by atoms with Crippen molar-refractivity contribution in [2.45, 2.75) is 46.5 Å². The van der Waals surface area contributed by atoms with E-state index in [0.29, 0.717) is 0 Å². The van der Waals surface area contributed by atoms with Crippen molar-refractivity contribution in [1.82, 2.24) is 0 Å². The second-order valence-corrected chi connectivity index (χ2v) is 2.95. The van der Waals surface area contributed by atoms with E-state index in [-0.39, 0.29) is 6.42 Å². The van der Waals surface area contributed by atoms with Crippen LogP contribution in [0, 0.1) is 11.8 Å². The third kappa shape index (κ3) is 5.89. The lowest BCUT2D eigenvalue weighted by Gasteiger charge is -2.27. The molecule has 0 aliphatic rings. The molecule has 0 nitrogen and oxygen atoms in total. The molecule has 6 heteroatoms. The molecule has 1 atom stereocenters. The summed E-state index contributed by atoms with van der Waals surface area (Å²) in [5.41, 5.74) is 0. The normalized spacial score (nSPS) is 14.6. The second kappa shape index (κ2) is 6.23. The van der Waals surface area contributed by atoms with Crippen LogP contribution in [-0.2, 0) is 0 Å². The molecule has 0 spiro atoms. The van der Waals surface area contributed by atoms with Gasteiger partial charge in [-0.05, 0) is 5.92 Å². The number of hydrogen-bond donors (Lipinski definition) is 0. The molecule has 0 bridgehead atoms. The molecular formula is C9H16F6. The first-order valence-electron chi connectivity index (χ1n) is 4.74. The quantitative estimate of drug-likeness (QED) is 0.606. The van der Waals surface area contributed by atoms with Crippen molar-refractivity contribution in [3.63, 3.8) is 0 Å². The zero-order valence-corrected chi connectivity index (χ0v) is 9.13. The highest BCUT2D eigenvalue weighted by atomic mass is 19.4. The Morgan fingerprint density at radius 2 is 1.13 bits per heavy atom. The summed E-state index contributed by atoms with van der Waals surface area (Å²) in [7, 11) is 0. The molecule has 0 aromatic heterocycles. The van der Waals surface area contributed by atoms with Crippen LogP contribution in [0.3, 0.4) is 0 Å². The summed E-state index contributed by atoms with van der Waals surface area (Å²) in [6.07, 6.45) is -10.6. The van der Waals surface area contributed by atoms with Crippen molar-refractivity contribution in [3.05, 3.63) is 0 Å². The molecule has 0 aliphatic heterocycles. The first-order valence-corrected chi connectivity index (χ1v) is 4.74. The zero-order chi connectivity index (χ0) is 12.9. The Bertz CT molecular complexity index is 143. The van der Waals surface area contributed by atoms with Gasteiger partial charge in [-0.25, -0.2) is 0 Å². The molecule has 0 fully saturated rings. The summed E-state index contributed by atoms with van der Waals surface area (Å²) < 4.78 is 71.6. The number of rotatable bonds is 2. The van der Waals surface area contributed by atoms with Gasteiger partial charge in [-0.1, -0.05) is 34.1 Å². The maximum atomic E-state index is 11.9. The minimum atomic E-state index is -5.20. The third-order valence-electron chi connectivity index (χ3n) is 1.92. The lowest BCUT2D eigenvalue weighted by Crippen LogP contribution is -2.40. The van der Waals surface area contributed by atoms with Crippen LogP contribution in [0.15, 0.2) is 0 Å². The number of hydrogen-bond acceptors (Lipinski definition) is 0. The fourth-order valence-electron chi connectivity index (χ4n) is 1.07. The van der Waals surface area contributed by atoms with E-state index in [1.54, 1.807) is 0 Å². The van der Waals surface area contributed by atoms with Gasteiger partial charge in [-0.15, -0.1) is 0 Å². The van der Waals surface area contributed by atoms with Crippen molar-refractivity contribution in [1.29, 1.82) is 0 Å². The number of alkyl halides is 6. The zero-order valence-electron chi connectivity index (χ0n) is 9.13. The van der Waals surface area contributed by atoms with Crippen LogP contribution in [0.1, 0.15) is 34.1 Å². The molecule has 0 aliphatic carbocycles. The van der Waals surface area contributed by atoms with Gasteiger partial charge < -0.3 is 0 Å². The van der Waals surface area contributed by atoms with Gasteiger partial charge in [-0.3, -0.25) is 0 Å². The average Bonchev–Trinajstić information content (AvgIpc) is 2.02. The third-order valence-corrected chi connectivity index (χ3v) is 1.92. The van der Waals surface area contributed by atoms with Gasteiger partial charge in [0.05, 0.1) is 0 Å². The Morgan fingerprint density at radius 3 is 1.20 bits per heavy atom. The van der Waals surface area contributed by atoms with Crippen LogP contribution in [0.2, 0.25) is 0 Å². The Hall–Kier alpha value is -0.420. The highest BCUT2D eigenvalue weighted by Crippen LogP contribution is 2.44. The SMILES string of the molecule is CC.CCC(C)C(C(F)(F)F)C(F)(F)F. The summed E-state index contributed by atoms with van der Waals surface area (Å²) in [6, 6.07) is 0. The molecule has 0 radical (unpaired) electrons. The van der Waals surface area contributed by atoms with Crippen molar-refractivity contribution in [2.75, 3.05) is 0 Å². The summed E-state index contributed by atoms with van der Waals surface area (Å²) in [5, 5.41) is 0. The monoisotopic (exact) mass is 238 g/mol. The summed E-state index contributed by atoms with van der Waals surface area (Å²) >= 11 is 0. The molecule has 1 unspecified atom stereocenters. The van der Waals surface area contributed by atoms with E-state index in [0.717, 1.165) is 6.92 Å². The van der Waals surface area contributed by atoms with Crippen molar-refractivity contribution < 1.29 is 26.3 Å². The largest absolute Gasteiger partial charge is 0.400 e. The van der Waals surface area contributed by atoms with E-state index >= 15 is 0 Å². The summed E-state index contributed by atoms with van der Waals surface area (Å²) in [4.78, 5) is 0. The summed E-state index contributed by atoms with van der Waals surface area (Å²) in [6.45, 7) is 6.25. The Labute approximate surface area is 85.7 Å². The predicted octanol–water partition coefficient (Wildman–Crippen LogP) is 4.80. The van der Waals surface area contributed by atoms with E-state index in [1.807, 2.05) is 13.8 Å². The molecule has 94 valence electrons. The fourth-order valence-corrected chi connectivity index (χ4v) is 1.07. The van der Waals surface area contributed by atoms with E-state index in [1.165, 1.54) is 6.92 Å². The smallest absolute Gasteiger partial charge is 0.170 e. The van der Waals surface area contributed by atoms with E-state index in [9.17, 15) is 26.3 Å². The predicted molar refractivity (Wildman–Crippen MR) is 46.4 cm³/mol. The van der Waals surface area contributed by atoms with Crippen LogP contribution in [0.5, 0.6) is 0 Å². The van der Waals surface area contributed by atoms with Gasteiger partial charge in [0, 0.05) is 0 Å². The maximum Gasteiger partial charge on any atom is 0.400 e. The van der Waals surface area contributed by atoms with Crippen molar-refractivity contribution in [2.24, 2.45) is 11.8 Å². The van der Waals surface area contributed by atoms with E-state index < -0.39 is 24.2 Å². The lowest BCUT2D eigenvalue weighted by molar-refractivity contribution is -0.297. The van der Waals surface area contributed by atoms with Crippen LogP contribution >= 0.6 is 0 Å². The Morgan fingerprint density at radius 1 is 0.867 bits per heavy atom. The Balaban J connectivity index is 0. The lowest BCUT2D eigenvalue weighted by atomic mass is 9.91. The number of halogens is 6. The van der Waals surface area contributed by atoms with E-state index in [4.69, 9.17) is 0 Å².